The van der Waals surface area contributed by atoms with E-state index in [1.807, 2.05) is 0 Å². The summed E-state index contributed by atoms with van der Waals surface area (Å²) in [5, 5.41) is 3.19. The number of rotatable bonds is 5. The van der Waals surface area contributed by atoms with E-state index in [1.54, 1.807) is 6.07 Å². The number of amides is 1. The molecule has 0 radical (unpaired) electrons. The van der Waals surface area contributed by atoms with Gasteiger partial charge >= 0.3 is 0 Å². The molecule has 0 bridgehead atoms. The molecule has 1 unspecified atom stereocenters. The van der Waals surface area contributed by atoms with Gasteiger partial charge < -0.3 is 16.8 Å². The fraction of sp³-hybridized carbons (Fsp3) is 0.538. The van der Waals surface area contributed by atoms with Gasteiger partial charge in [0.2, 0.25) is 0 Å². The lowest BCUT2D eigenvalue weighted by atomic mass is 10.2. The molecule has 0 spiro atoms. The minimum Gasteiger partial charge on any atom is -0.397 e. The van der Waals surface area contributed by atoms with Gasteiger partial charge in [-0.2, -0.15) is 0 Å². The van der Waals surface area contributed by atoms with Crippen LogP contribution < -0.4 is 16.8 Å². The maximum atomic E-state index is 11.4. The molecular weight excluding hydrogens is 242 g/mol. The zero-order chi connectivity index (χ0) is 13.8. The predicted octanol–water partition coefficient (Wildman–Crippen LogP) is 0.659. The highest BCUT2D eigenvalue weighted by Crippen LogP contribution is 2.16. The zero-order valence-electron chi connectivity index (χ0n) is 11.2. The second-order valence-corrected chi connectivity index (χ2v) is 5.00. The summed E-state index contributed by atoms with van der Waals surface area (Å²) in [5.41, 5.74) is 11.7. The van der Waals surface area contributed by atoms with Crippen LogP contribution in [0, 0.1) is 0 Å². The molecule has 0 aliphatic carbocycles. The fourth-order valence-corrected chi connectivity index (χ4v) is 2.37. The van der Waals surface area contributed by atoms with Crippen LogP contribution in [0.1, 0.15) is 30.1 Å². The van der Waals surface area contributed by atoms with Gasteiger partial charge in [0.15, 0.2) is 0 Å². The second kappa shape index (κ2) is 5.88. The van der Waals surface area contributed by atoms with Crippen molar-refractivity contribution >= 4 is 17.4 Å². The van der Waals surface area contributed by atoms with Gasteiger partial charge in [-0.1, -0.05) is 0 Å². The molecule has 2 rings (SSSR count). The normalized spacial score (nSPS) is 17.3. The molecule has 6 nitrogen and oxygen atoms in total. The van der Waals surface area contributed by atoms with Gasteiger partial charge in [-0.05, 0) is 38.9 Å². The van der Waals surface area contributed by atoms with Crippen LogP contribution in [0.2, 0.25) is 0 Å². The Hall–Kier alpha value is -1.82. The molecule has 1 aliphatic heterocycles. The van der Waals surface area contributed by atoms with E-state index >= 15 is 0 Å². The third kappa shape index (κ3) is 3.35. The average Bonchev–Trinajstić information content (AvgIpc) is 2.90. The Kier molecular flexibility index (Phi) is 4.21. The van der Waals surface area contributed by atoms with Crippen molar-refractivity contribution in [1.82, 2.24) is 9.88 Å². The van der Waals surface area contributed by atoms with Crippen molar-refractivity contribution in [3.8, 4) is 0 Å². The van der Waals surface area contributed by atoms with Crippen molar-refractivity contribution in [2.24, 2.45) is 5.73 Å². The van der Waals surface area contributed by atoms with Crippen LogP contribution in [0.4, 0.5) is 11.5 Å². The maximum Gasteiger partial charge on any atom is 0.252 e. The first kappa shape index (κ1) is 13.6. The van der Waals surface area contributed by atoms with E-state index in [9.17, 15) is 4.79 Å². The molecule has 1 saturated heterocycles. The van der Waals surface area contributed by atoms with Gasteiger partial charge in [0, 0.05) is 12.6 Å². The molecule has 1 fully saturated rings. The lowest BCUT2D eigenvalue weighted by molar-refractivity contribution is 0.100. The number of nitrogens with two attached hydrogens (primary N) is 2. The number of likely N-dealkylation sites (tertiary alicyclic amines) is 1. The van der Waals surface area contributed by atoms with Crippen molar-refractivity contribution in [1.29, 1.82) is 0 Å². The topological polar surface area (TPSA) is 97.3 Å². The molecule has 0 aromatic carbocycles. The summed E-state index contributed by atoms with van der Waals surface area (Å²) < 4.78 is 0. The number of pyridine rings is 1. The average molecular weight is 263 g/mol. The maximum absolute atomic E-state index is 11.4. The Morgan fingerprint density at radius 1 is 1.53 bits per heavy atom. The van der Waals surface area contributed by atoms with Crippen LogP contribution in [0.25, 0.3) is 0 Å². The first-order valence-electron chi connectivity index (χ1n) is 6.61. The third-order valence-electron chi connectivity index (χ3n) is 3.50. The largest absolute Gasteiger partial charge is 0.397 e. The third-order valence-corrected chi connectivity index (χ3v) is 3.50. The van der Waals surface area contributed by atoms with Crippen molar-refractivity contribution in [2.45, 2.75) is 25.8 Å². The highest BCUT2D eigenvalue weighted by atomic mass is 16.1. The number of hydrogen-bond donors (Lipinski definition) is 3. The Balaban J connectivity index is 2.00. The molecule has 5 N–H and O–H groups in total. The van der Waals surface area contributed by atoms with Crippen LogP contribution in [0.15, 0.2) is 12.3 Å². The lowest BCUT2D eigenvalue weighted by Gasteiger charge is -2.24. The number of nitrogen functional groups attached to an aromatic ring is 1. The monoisotopic (exact) mass is 263 g/mol. The summed E-state index contributed by atoms with van der Waals surface area (Å²) in [7, 11) is 0. The summed E-state index contributed by atoms with van der Waals surface area (Å²) in [4.78, 5) is 17.9. The highest BCUT2D eigenvalue weighted by Gasteiger charge is 2.18. The Bertz CT molecular complexity index is 456. The molecule has 1 atom stereocenters. The van der Waals surface area contributed by atoms with Gasteiger partial charge in [0.05, 0.1) is 17.4 Å². The Morgan fingerprint density at radius 2 is 2.21 bits per heavy atom. The van der Waals surface area contributed by atoms with E-state index in [0.29, 0.717) is 23.1 Å². The Labute approximate surface area is 113 Å². The molecular formula is C13H21N5O. The van der Waals surface area contributed by atoms with Crippen LogP contribution >= 0.6 is 0 Å². The SMILES string of the molecule is CC(CNc1ncc(N)cc1C(N)=O)N1CCCC1. The van der Waals surface area contributed by atoms with Gasteiger partial charge in [0.1, 0.15) is 5.82 Å². The van der Waals surface area contributed by atoms with Gasteiger partial charge in [-0.25, -0.2) is 4.98 Å². The van der Waals surface area contributed by atoms with Crippen molar-refractivity contribution in [3.63, 3.8) is 0 Å². The van der Waals surface area contributed by atoms with Gasteiger partial charge in [-0.15, -0.1) is 0 Å². The van der Waals surface area contributed by atoms with E-state index < -0.39 is 5.91 Å². The molecule has 1 aromatic heterocycles. The predicted molar refractivity (Wildman–Crippen MR) is 75.9 cm³/mol. The van der Waals surface area contributed by atoms with E-state index in [2.05, 4.69) is 22.1 Å². The number of nitrogens with one attached hydrogen (secondary N) is 1. The number of anilines is 2. The smallest absolute Gasteiger partial charge is 0.252 e. The van der Waals surface area contributed by atoms with Gasteiger partial charge in [-0.3, -0.25) is 9.69 Å². The molecule has 1 aliphatic rings. The van der Waals surface area contributed by atoms with Crippen molar-refractivity contribution < 1.29 is 4.79 Å². The summed E-state index contributed by atoms with van der Waals surface area (Å²) in [6, 6.07) is 1.96. The summed E-state index contributed by atoms with van der Waals surface area (Å²) in [5.74, 6) is -0.0103. The van der Waals surface area contributed by atoms with Crippen LogP contribution in [0.3, 0.4) is 0 Å². The zero-order valence-corrected chi connectivity index (χ0v) is 11.2. The Morgan fingerprint density at radius 3 is 2.84 bits per heavy atom. The second-order valence-electron chi connectivity index (χ2n) is 5.00. The molecule has 1 aromatic rings. The van der Waals surface area contributed by atoms with Crippen LogP contribution in [-0.4, -0.2) is 41.5 Å². The van der Waals surface area contributed by atoms with Crippen LogP contribution in [0.5, 0.6) is 0 Å². The number of hydrogen-bond acceptors (Lipinski definition) is 5. The number of aromatic nitrogens is 1. The van der Waals surface area contributed by atoms with Crippen molar-refractivity contribution in [2.75, 3.05) is 30.7 Å². The lowest BCUT2D eigenvalue weighted by Crippen LogP contribution is -2.36. The van der Waals surface area contributed by atoms with Crippen molar-refractivity contribution in [3.05, 3.63) is 17.8 Å². The fourth-order valence-electron chi connectivity index (χ4n) is 2.37. The molecule has 1 amide bonds. The van der Waals surface area contributed by atoms with E-state index in [0.717, 1.165) is 19.6 Å². The van der Waals surface area contributed by atoms with Crippen LogP contribution in [-0.2, 0) is 0 Å². The minimum absolute atomic E-state index is 0.341. The molecule has 0 saturated carbocycles. The van der Waals surface area contributed by atoms with E-state index in [4.69, 9.17) is 11.5 Å². The minimum atomic E-state index is -0.517. The summed E-state index contributed by atoms with van der Waals surface area (Å²) in [6.45, 7) is 5.18. The highest BCUT2D eigenvalue weighted by molar-refractivity contribution is 5.98. The number of primary amides is 1. The quantitative estimate of drug-likeness (QED) is 0.725. The summed E-state index contributed by atoms with van der Waals surface area (Å²) >= 11 is 0. The number of nitrogens with zero attached hydrogens (tertiary/aromatic N) is 2. The molecule has 104 valence electrons. The number of carbonyl (C=O) groups is 1. The molecule has 6 heteroatoms. The van der Waals surface area contributed by atoms with Gasteiger partial charge in [0.25, 0.3) is 5.91 Å². The summed E-state index contributed by atoms with van der Waals surface area (Å²) in [6.07, 6.45) is 4.04. The van der Waals surface area contributed by atoms with E-state index in [1.165, 1.54) is 19.0 Å². The first-order chi connectivity index (χ1) is 9.08. The standard InChI is InChI=1S/C13H21N5O/c1-9(18-4-2-3-5-18)7-16-13-11(12(15)19)6-10(14)8-17-13/h6,8-9H,2-5,7,14H2,1H3,(H2,15,19)(H,16,17). The van der Waals surface area contributed by atoms with E-state index in [-0.39, 0.29) is 0 Å². The first-order valence-corrected chi connectivity index (χ1v) is 6.61. The number of carbonyl (C=O) groups excluding carboxylic acids is 1. The molecule has 2 heterocycles. The molecule has 19 heavy (non-hydrogen) atoms.